The highest BCUT2D eigenvalue weighted by atomic mass is 19.4. The first-order chi connectivity index (χ1) is 14.8. The Balaban J connectivity index is 1.38. The number of pyridine rings is 1. The Kier molecular flexibility index (Phi) is 5.53. The van der Waals surface area contributed by atoms with E-state index < -0.39 is 11.7 Å². The van der Waals surface area contributed by atoms with Crippen LogP contribution in [0.5, 0.6) is 5.75 Å². The SMILES string of the molecule is COc1ccccc1-c1cc(C(=O)N[C@H]2CCN(c3ccc(C(F)(F)F)cn3)C2)[nH]n1. The molecule has 0 saturated carbocycles. The molecule has 1 aromatic carbocycles. The number of para-hydroxylation sites is 1. The molecule has 4 rings (SSSR count). The molecule has 2 aromatic heterocycles. The van der Waals surface area contributed by atoms with Gasteiger partial charge in [0.25, 0.3) is 5.91 Å². The van der Waals surface area contributed by atoms with E-state index in [1.807, 2.05) is 29.2 Å². The number of methoxy groups -OCH3 is 1. The van der Waals surface area contributed by atoms with Crippen LogP contribution in [0.25, 0.3) is 11.3 Å². The molecule has 1 atom stereocenters. The predicted octanol–water partition coefficient (Wildman–Crippen LogP) is 3.51. The molecule has 162 valence electrons. The number of aromatic amines is 1. The molecule has 10 heteroatoms. The largest absolute Gasteiger partial charge is 0.496 e. The number of carbonyl (C=O) groups excluding carboxylic acids is 1. The number of hydrogen-bond acceptors (Lipinski definition) is 5. The van der Waals surface area contributed by atoms with Crippen LogP contribution < -0.4 is 15.0 Å². The van der Waals surface area contributed by atoms with Crippen LogP contribution in [0.2, 0.25) is 0 Å². The Hall–Kier alpha value is -3.56. The third-order valence-electron chi connectivity index (χ3n) is 5.13. The van der Waals surface area contributed by atoms with Gasteiger partial charge in [0.1, 0.15) is 17.3 Å². The lowest BCUT2D eigenvalue weighted by atomic mass is 10.1. The summed E-state index contributed by atoms with van der Waals surface area (Å²) in [6.45, 7) is 1.04. The number of carbonyl (C=O) groups is 1. The van der Waals surface area contributed by atoms with Crippen LogP contribution >= 0.6 is 0 Å². The highest BCUT2D eigenvalue weighted by molar-refractivity contribution is 5.93. The molecule has 1 fully saturated rings. The summed E-state index contributed by atoms with van der Waals surface area (Å²) in [4.78, 5) is 18.4. The second kappa shape index (κ2) is 8.29. The average molecular weight is 431 g/mol. The van der Waals surface area contributed by atoms with Gasteiger partial charge >= 0.3 is 6.18 Å². The number of nitrogens with one attached hydrogen (secondary N) is 2. The molecule has 0 aliphatic carbocycles. The van der Waals surface area contributed by atoms with Crippen molar-refractivity contribution >= 4 is 11.7 Å². The maximum Gasteiger partial charge on any atom is 0.417 e. The summed E-state index contributed by atoms with van der Waals surface area (Å²) in [6.07, 6.45) is -2.94. The third-order valence-corrected chi connectivity index (χ3v) is 5.13. The minimum absolute atomic E-state index is 0.158. The fourth-order valence-electron chi connectivity index (χ4n) is 3.52. The van der Waals surface area contributed by atoms with Gasteiger partial charge in [-0.15, -0.1) is 0 Å². The second-order valence-electron chi connectivity index (χ2n) is 7.18. The number of halogens is 3. The molecule has 0 bridgehead atoms. The Bertz CT molecular complexity index is 1070. The van der Waals surface area contributed by atoms with Crippen LogP contribution in [-0.2, 0) is 6.18 Å². The van der Waals surface area contributed by atoms with Gasteiger partial charge in [-0.1, -0.05) is 12.1 Å². The van der Waals surface area contributed by atoms with Crippen molar-refractivity contribution in [2.24, 2.45) is 0 Å². The van der Waals surface area contributed by atoms with Crippen molar-refractivity contribution in [1.29, 1.82) is 0 Å². The number of H-pyrrole nitrogens is 1. The molecule has 1 aliphatic rings. The average Bonchev–Trinajstić information content (AvgIpc) is 3.43. The first kappa shape index (κ1) is 20.7. The minimum atomic E-state index is -4.42. The monoisotopic (exact) mass is 431 g/mol. The Morgan fingerprint density at radius 1 is 1.26 bits per heavy atom. The van der Waals surface area contributed by atoms with E-state index in [1.165, 1.54) is 6.07 Å². The lowest BCUT2D eigenvalue weighted by Crippen LogP contribution is -2.37. The van der Waals surface area contributed by atoms with E-state index in [0.717, 1.165) is 17.8 Å². The lowest BCUT2D eigenvalue weighted by molar-refractivity contribution is -0.137. The van der Waals surface area contributed by atoms with Gasteiger partial charge in [-0.3, -0.25) is 9.89 Å². The van der Waals surface area contributed by atoms with Crippen LogP contribution in [0.1, 0.15) is 22.5 Å². The van der Waals surface area contributed by atoms with Crippen LogP contribution in [0.4, 0.5) is 19.0 Å². The van der Waals surface area contributed by atoms with Crippen molar-refractivity contribution < 1.29 is 22.7 Å². The summed E-state index contributed by atoms with van der Waals surface area (Å²) in [5.74, 6) is 0.794. The molecule has 1 amide bonds. The van der Waals surface area contributed by atoms with E-state index in [4.69, 9.17) is 4.74 Å². The minimum Gasteiger partial charge on any atom is -0.496 e. The molecular weight excluding hydrogens is 411 g/mol. The third kappa shape index (κ3) is 4.47. The summed E-state index contributed by atoms with van der Waals surface area (Å²) in [7, 11) is 1.57. The van der Waals surface area contributed by atoms with Gasteiger partial charge in [-0.05, 0) is 36.8 Å². The molecule has 3 aromatic rings. The van der Waals surface area contributed by atoms with Gasteiger partial charge in [0, 0.05) is 30.9 Å². The first-order valence-corrected chi connectivity index (χ1v) is 9.63. The highest BCUT2D eigenvalue weighted by Gasteiger charge is 2.31. The van der Waals surface area contributed by atoms with Crippen LogP contribution in [0.3, 0.4) is 0 Å². The van der Waals surface area contributed by atoms with Crippen LogP contribution in [0, 0.1) is 0 Å². The zero-order chi connectivity index (χ0) is 22.0. The van der Waals surface area contributed by atoms with Crippen LogP contribution in [0.15, 0.2) is 48.7 Å². The fraction of sp³-hybridized carbons (Fsp3) is 0.286. The fourth-order valence-corrected chi connectivity index (χ4v) is 3.52. The predicted molar refractivity (Wildman–Crippen MR) is 108 cm³/mol. The number of aromatic nitrogens is 3. The summed E-state index contributed by atoms with van der Waals surface area (Å²) in [6, 6.07) is 11.2. The molecule has 2 N–H and O–H groups in total. The topological polar surface area (TPSA) is 83.1 Å². The molecule has 3 heterocycles. The summed E-state index contributed by atoms with van der Waals surface area (Å²) >= 11 is 0. The first-order valence-electron chi connectivity index (χ1n) is 9.63. The number of benzene rings is 1. The molecular formula is C21H20F3N5O2. The van der Waals surface area contributed by atoms with E-state index in [2.05, 4.69) is 20.5 Å². The van der Waals surface area contributed by atoms with Gasteiger partial charge in [-0.25, -0.2) is 4.98 Å². The summed E-state index contributed by atoms with van der Waals surface area (Å²) in [5.41, 5.74) is 0.878. The molecule has 0 radical (unpaired) electrons. The molecule has 1 aliphatic heterocycles. The van der Waals surface area contributed by atoms with Gasteiger partial charge in [0.05, 0.1) is 18.4 Å². The van der Waals surface area contributed by atoms with Crippen molar-refractivity contribution in [2.75, 3.05) is 25.1 Å². The number of ether oxygens (including phenoxy) is 1. The Morgan fingerprint density at radius 3 is 2.77 bits per heavy atom. The second-order valence-corrected chi connectivity index (χ2v) is 7.18. The van der Waals surface area contributed by atoms with Crippen molar-refractivity contribution in [3.05, 3.63) is 59.9 Å². The van der Waals surface area contributed by atoms with Gasteiger partial charge in [-0.2, -0.15) is 18.3 Å². The smallest absolute Gasteiger partial charge is 0.417 e. The van der Waals surface area contributed by atoms with Gasteiger partial charge in [0.15, 0.2) is 0 Å². The maximum atomic E-state index is 12.7. The number of nitrogens with zero attached hydrogens (tertiary/aromatic N) is 3. The number of anilines is 1. The van der Waals surface area contributed by atoms with E-state index >= 15 is 0 Å². The molecule has 0 spiro atoms. The van der Waals surface area contributed by atoms with Gasteiger partial charge in [0.2, 0.25) is 0 Å². The quantitative estimate of drug-likeness (QED) is 0.646. The van der Waals surface area contributed by atoms with Crippen LogP contribution in [-0.4, -0.2) is 47.3 Å². The molecule has 31 heavy (non-hydrogen) atoms. The van der Waals surface area contributed by atoms with Crippen molar-refractivity contribution in [3.63, 3.8) is 0 Å². The van der Waals surface area contributed by atoms with E-state index in [1.54, 1.807) is 13.2 Å². The number of amides is 1. The van der Waals surface area contributed by atoms with Gasteiger partial charge < -0.3 is 15.0 Å². The maximum absolute atomic E-state index is 12.7. The lowest BCUT2D eigenvalue weighted by Gasteiger charge is -2.18. The normalized spacial score (nSPS) is 16.4. The molecule has 1 saturated heterocycles. The zero-order valence-corrected chi connectivity index (χ0v) is 16.6. The zero-order valence-electron chi connectivity index (χ0n) is 16.6. The highest BCUT2D eigenvalue weighted by Crippen LogP contribution is 2.30. The Morgan fingerprint density at radius 2 is 2.06 bits per heavy atom. The van der Waals surface area contributed by atoms with Crippen molar-refractivity contribution in [2.45, 2.75) is 18.6 Å². The van der Waals surface area contributed by atoms with Crippen molar-refractivity contribution in [3.8, 4) is 17.0 Å². The molecule has 0 unspecified atom stereocenters. The standard InChI is InChI=1S/C21H20F3N5O2/c1-31-18-5-3-2-4-15(18)16-10-17(28-27-16)20(30)26-14-8-9-29(12-14)19-7-6-13(11-25-19)21(22,23)24/h2-7,10-11,14H,8-9,12H2,1H3,(H,26,30)(H,27,28)/t14-/m0/s1. The molecule has 7 nitrogen and oxygen atoms in total. The van der Waals surface area contributed by atoms with E-state index in [9.17, 15) is 18.0 Å². The van der Waals surface area contributed by atoms with E-state index in [-0.39, 0.29) is 11.9 Å². The number of hydrogen-bond donors (Lipinski definition) is 2. The Labute approximate surface area is 176 Å². The summed E-state index contributed by atoms with van der Waals surface area (Å²) < 4.78 is 43.4. The summed E-state index contributed by atoms with van der Waals surface area (Å²) in [5, 5.41) is 9.88. The number of rotatable bonds is 5. The van der Waals surface area contributed by atoms with E-state index in [0.29, 0.717) is 42.5 Å². The number of alkyl halides is 3. The van der Waals surface area contributed by atoms with Crippen molar-refractivity contribution in [1.82, 2.24) is 20.5 Å².